The van der Waals surface area contributed by atoms with Crippen molar-refractivity contribution in [3.05, 3.63) is 77.5 Å². The molecule has 0 saturated carbocycles. The molecule has 1 unspecified atom stereocenters. The van der Waals surface area contributed by atoms with Crippen molar-refractivity contribution in [2.75, 3.05) is 30.3 Å². The molecule has 2 atom stereocenters. The highest BCUT2D eigenvalue weighted by atomic mass is 16.5. The minimum absolute atomic E-state index is 0.0125. The summed E-state index contributed by atoms with van der Waals surface area (Å²) in [6, 6.07) is 16.0. The number of para-hydroxylation sites is 1. The zero-order chi connectivity index (χ0) is 29.4. The highest BCUT2D eigenvalue weighted by Gasteiger charge is 2.47. The standard InChI is InChI=1S/C29H31N5O7/c1-28(2,38)22-8-5-9-23(32-22)34-12-13-40-24(27(34)37)29(39,16-31-26(36)18-6-3-4-7-20(18)35)15-17-10-11-19-21(14-17)41-33-25(19)30/h3-11,14,24,35,38-39H,12-13,15-16H2,1-2H3,(H2,30,33)(H,31,36)/t24-,29?/m0/s1. The molecule has 1 aliphatic heterocycles. The maximum Gasteiger partial charge on any atom is 0.260 e. The number of ether oxygens (including phenoxy) is 1. The molecule has 0 aliphatic carbocycles. The summed E-state index contributed by atoms with van der Waals surface area (Å²) in [6.07, 6.45) is -1.52. The molecule has 6 N–H and O–H groups in total. The van der Waals surface area contributed by atoms with E-state index in [9.17, 15) is 24.9 Å². The van der Waals surface area contributed by atoms with Crippen LogP contribution in [0, 0.1) is 0 Å². The van der Waals surface area contributed by atoms with E-state index in [0.717, 1.165) is 0 Å². The van der Waals surface area contributed by atoms with Crippen LogP contribution >= 0.6 is 0 Å². The Hall–Kier alpha value is -4.52. The van der Waals surface area contributed by atoms with Crippen LogP contribution in [-0.4, -0.2) is 68.7 Å². The lowest BCUT2D eigenvalue weighted by atomic mass is 9.86. The van der Waals surface area contributed by atoms with Gasteiger partial charge in [-0.25, -0.2) is 4.98 Å². The van der Waals surface area contributed by atoms with Crippen molar-refractivity contribution >= 4 is 34.4 Å². The van der Waals surface area contributed by atoms with Crippen LogP contribution in [0.25, 0.3) is 11.0 Å². The third kappa shape index (κ3) is 5.71. The zero-order valence-electron chi connectivity index (χ0n) is 22.6. The van der Waals surface area contributed by atoms with E-state index in [2.05, 4.69) is 15.5 Å². The van der Waals surface area contributed by atoms with E-state index in [-0.39, 0.29) is 36.7 Å². The molecule has 2 aromatic heterocycles. The van der Waals surface area contributed by atoms with Crippen molar-refractivity contribution in [2.24, 2.45) is 0 Å². The zero-order valence-corrected chi connectivity index (χ0v) is 22.6. The third-order valence-electron chi connectivity index (χ3n) is 6.99. The lowest BCUT2D eigenvalue weighted by molar-refractivity contribution is -0.157. The largest absolute Gasteiger partial charge is 0.507 e. The Bertz CT molecular complexity index is 1600. The molecule has 12 heteroatoms. The lowest BCUT2D eigenvalue weighted by Gasteiger charge is -2.41. The topological polar surface area (TPSA) is 184 Å². The summed E-state index contributed by atoms with van der Waals surface area (Å²) in [7, 11) is 0. The molecule has 2 amide bonds. The second-order valence-electron chi connectivity index (χ2n) is 10.6. The Kier molecular flexibility index (Phi) is 7.39. The first-order chi connectivity index (χ1) is 19.5. The molecule has 12 nitrogen and oxygen atoms in total. The number of fused-ring (bicyclic) bond motifs is 1. The van der Waals surface area contributed by atoms with Gasteiger partial charge in [-0.2, -0.15) is 0 Å². The monoisotopic (exact) mass is 561 g/mol. The van der Waals surface area contributed by atoms with Gasteiger partial charge in [0.2, 0.25) is 0 Å². The minimum Gasteiger partial charge on any atom is -0.507 e. The quantitative estimate of drug-likeness (QED) is 0.213. The van der Waals surface area contributed by atoms with E-state index >= 15 is 0 Å². The van der Waals surface area contributed by atoms with Gasteiger partial charge >= 0.3 is 0 Å². The number of phenolic OH excluding ortho intramolecular Hbond substituents is 1. The number of anilines is 2. The average molecular weight is 562 g/mol. The van der Waals surface area contributed by atoms with Gasteiger partial charge in [0.15, 0.2) is 17.5 Å². The summed E-state index contributed by atoms with van der Waals surface area (Å²) >= 11 is 0. The minimum atomic E-state index is -1.94. The molecule has 4 aromatic rings. The third-order valence-corrected chi connectivity index (χ3v) is 6.99. The molecule has 214 valence electrons. The molecule has 41 heavy (non-hydrogen) atoms. The van der Waals surface area contributed by atoms with Crippen LogP contribution in [0.15, 0.2) is 65.2 Å². The van der Waals surface area contributed by atoms with E-state index in [0.29, 0.717) is 28.0 Å². The van der Waals surface area contributed by atoms with Gasteiger partial charge in [-0.3, -0.25) is 14.5 Å². The van der Waals surface area contributed by atoms with Gasteiger partial charge in [0.1, 0.15) is 22.8 Å². The number of nitrogen functional groups attached to an aromatic ring is 1. The number of morpholine rings is 1. The summed E-state index contributed by atoms with van der Waals surface area (Å²) in [5.74, 6) is -0.919. The summed E-state index contributed by atoms with van der Waals surface area (Å²) in [5, 5.41) is 39.6. The number of benzene rings is 2. The summed E-state index contributed by atoms with van der Waals surface area (Å²) in [4.78, 5) is 32.6. The van der Waals surface area contributed by atoms with E-state index in [1.54, 1.807) is 62.4 Å². The number of rotatable bonds is 8. The smallest absolute Gasteiger partial charge is 0.260 e. The maximum atomic E-state index is 13.8. The molecular formula is C29H31N5O7. The molecule has 0 bridgehead atoms. The van der Waals surface area contributed by atoms with Crippen molar-refractivity contribution in [1.29, 1.82) is 0 Å². The molecule has 3 heterocycles. The van der Waals surface area contributed by atoms with E-state index in [4.69, 9.17) is 15.0 Å². The van der Waals surface area contributed by atoms with Gasteiger partial charge in [0, 0.05) is 6.42 Å². The van der Waals surface area contributed by atoms with E-state index in [1.165, 1.54) is 17.0 Å². The van der Waals surface area contributed by atoms with Crippen LogP contribution < -0.4 is 16.0 Å². The van der Waals surface area contributed by atoms with Gasteiger partial charge < -0.3 is 35.6 Å². The predicted molar refractivity (Wildman–Crippen MR) is 149 cm³/mol. The molecule has 1 aliphatic rings. The maximum absolute atomic E-state index is 13.8. The number of nitrogens with zero attached hydrogens (tertiary/aromatic N) is 3. The predicted octanol–water partition coefficient (Wildman–Crippen LogP) is 1.87. The van der Waals surface area contributed by atoms with E-state index < -0.39 is 35.7 Å². The molecular weight excluding hydrogens is 530 g/mol. The summed E-state index contributed by atoms with van der Waals surface area (Å²) in [6.45, 7) is 3.04. The number of hydrogen-bond donors (Lipinski definition) is 5. The van der Waals surface area contributed by atoms with Crippen LogP contribution in [-0.2, 0) is 21.6 Å². The van der Waals surface area contributed by atoms with Crippen molar-refractivity contribution < 1.29 is 34.2 Å². The molecule has 1 saturated heterocycles. The lowest BCUT2D eigenvalue weighted by Crippen LogP contribution is -2.63. The van der Waals surface area contributed by atoms with Crippen LogP contribution in [0.4, 0.5) is 11.6 Å². The fourth-order valence-electron chi connectivity index (χ4n) is 4.82. The second kappa shape index (κ2) is 10.8. The first-order valence-electron chi connectivity index (χ1n) is 13.0. The average Bonchev–Trinajstić information content (AvgIpc) is 3.31. The van der Waals surface area contributed by atoms with Crippen LogP contribution in [0.1, 0.15) is 35.5 Å². The number of hydrogen-bond acceptors (Lipinski definition) is 10. The van der Waals surface area contributed by atoms with Gasteiger partial charge in [0.25, 0.3) is 11.8 Å². The first-order valence-corrected chi connectivity index (χ1v) is 13.0. The van der Waals surface area contributed by atoms with Crippen molar-refractivity contribution in [3.63, 3.8) is 0 Å². The summed E-state index contributed by atoms with van der Waals surface area (Å²) < 4.78 is 11.1. The molecule has 0 radical (unpaired) electrons. The fraction of sp³-hybridized carbons (Fsp3) is 0.310. The SMILES string of the molecule is CC(C)(O)c1cccc(N2CCO[C@H](C(O)(CNC(=O)c3ccccc3O)Cc3ccc4c(N)noc4c3)C2=O)n1. The van der Waals surface area contributed by atoms with Gasteiger partial charge in [-0.05, 0) is 55.8 Å². The Labute approximate surface area is 235 Å². The normalized spacial score (nSPS) is 17.4. The van der Waals surface area contributed by atoms with Gasteiger partial charge in [-0.15, -0.1) is 0 Å². The second-order valence-corrected chi connectivity index (χ2v) is 10.6. The van der Waals surface area contributed by atoms with Gasteiger partial charge in [-0.1, -0.05) is 29.4 Å². The molecule has 2 aromatic carbocycles. The number of aliphatic hydroxyl groups is 2. The van der Waals surface area contributed by atoms with Crippen molar-refractivity contribution in [1.82, 2.24) is 15.5 Å². The molecule has 1 fully saturated rings. The number of pyridine rings is 1. The number of aromatic hydroxyl groups is 1. The Morgan fingerprint density at radius 2 is 1.93 bits per heavy atom. The number of nitrogens with two attached hydrogens (primary N) is 1. The number of nitrogens with one attached hydrogen (secondary N) is 1. The fourth-order valence-corrected chi connectivity index (χ4v) is 4.82. The van der Waals surface area contributed by atoms with Crippen molar-refractivity contribution in [3.8, 4) is 5.75 Å². The number of amides is 2. The van der Waals surface area contributed by atoms with Crippen LogP contribution in [0.5, 0.6) is 5.75 Å². The Morgan fingerprint density at radius 1 is 1.15 bits per heavy atom. The summed E-state index contributed by atoms with van der Waals surface area (Å²) in [5.41, 5.74) is 4.01. The Balaban J connectivity index is 1.47. The highest BCUT2D eigenvalue weighted by molar-refractivity contribution is 5.98. The number of carbonyl (C=O) groups is 2. The number of aromatic nitrogens is 2. The Morgan fingerprint density at radius 3 is 2.68 bits per heavy atom. The molecule has 5 rings (SSSR count). The molecule has 0 spiro atoms. The van der Waals surface area contributed by atoms with Crippen molar-refractivity contribution in [2.45, 2.75) is 37.6 Å². The van der Waals surface area contributed by atoms with Crippen LogP contribution in [0.2, 0.25) is 0 Å². The first kappa shape index (κ1) is 28.0. The number of phenols is 1. The highest BCUT2D eigenvalue weighted by Crippen LogP contribution is 2.30. The van der Waals surface area contributed by atoms with Crippen LogP contribution in [0.3, 0.4) is 0 Å². The van der Waals surface area contributed by atoms with E-state index in [1.807, 2.05) is 0 Å². The van der Waals surface area contributed by atoms with Gasteiger partial charge in [0.05, 0.1) is 36.3 Å². The number of carbonyl (C=O) groups excluding carboxylic acids is 2.